The molecule has 2 aromatic carbocycles. The summed E-state index contributed by atoms with van der Waals surface area (Å²) in [5.74, 6) is -0.144. The van der Waals surface area contributed by atoms with Crippen LogP contribution in [0.3, 0.4) is 0 Å². The molecule has 0 aliphatic carbocycles. The Morgan fingerprint density at radius 1 is 1.00 bits per heavy atom. The first-order valence-electron chi connectivity index (χ1n) is 9.45. The lowest BCUT2D eigenvalue weighted by atomic mass is 10.1. The van der Waals surface area contributed by atoms with Crippen LogP contribution in [-0.2, 0) is 10.0 Å². The molecule has 0 unspecified atom stereocenters. The van der Waals surface area contributed by atoms with E-state index in [0.29, 0.717) is 29.4 Å². The minimum absolute atomic E-state index is 0.144. The lowest BCUT2D eigenvalue weighted by molar-refractivity contribution is 0.0762. The van der Waals surface area contributed by atoms with E-state index in [0.717, 1.165) is 31.2 Å². The summed E-state index contributed by atoms with van der Waals surface area (Å²) in [7, 11) is -2.24. The number of likely N-dealkylation sites (tertiary alicyclic amines) is 1. The van der Waals surface area contributed by atoms with Gasteiger partial charge in [0.25, 0.3) is 15.9 Å². The molecule has 3 rings (SSSR count). The predicted octanol–water partition coefficient (Wildman–Crippen LogP) is 4.49. The van der Waals surface area contributed by atoms with Crippen molar-refractivity contribution in [2.24, 2.45) is 0 Å². The summed E-state index contributed by atoms with van der Waals surface area (Å²) in [4.78, 5) is 15.0. The van der Waals surface area contributed by atoms with E-state index >= 15 is 0 Å². The molecule has 0 radical (unpaired) electrons. The molecule has 0 N–H and O–H groups in total. The Hall–Kier alpha value is -2.05. The highest BCUT2D eigenvalue weighted by atomic mass is 35.5. The van der Waals surface area contributed by atoms with Crippen molar-refractivity contribution in [1.29, 1.82) is 0 Å². The average molecular weight is 421 g/mol. The number of halogens is 1. The first kappa shape index (κ1) is 20.7. The Kier molecular flexibility index (Phi) is 6.30. The van der Waals surface area contributed by atoms with Gasteiger partial charge in [0.05, 0.1) is 21.2 Å². The Labute approximate surface area is 172 Å². The Balaban J connectivity index is 1.91. The minimum Gasteiger partial charge on any atom is -0.339 e. The fraction of sp³-hybridized carbons (Fsp3) is 0.381. The Bertz CT molecular complexity index is 950. The summed E-state index contributed by atoms with van der Waals surface area (Å²) >= 11 is 6.29. The quantitative estimate of drug-likeness (QED) is 0.732. The van der Waals surface area contributed by atoms with E-state index in [9.17, 15) is 13.2 Å². The van der Waals surface area contributed by atoms with Crippen molar-refractivity contribution in [3.8, 4) is 0 Å². The molecule has 150 valence electrons. The number of anilines is 1. The summed E-state index contributed by atoms with van der Waals surface area (Å²) in [5.41, 5.74) is 1.73. The number of nitrogens with zero attached hydrogens (tertiary/aromatic N) is 2. The van der Waals surface area contributed by atoms with Gasteiger partial charge in [-0.05, 0) is 50.1 Å². The molecule has 0 spiro atoms. The third-order valence-corrected chi connectivity index (χ3v) is 7.25. The zero-order valence-electron chi connectivity index (χ0n) is 16.2. The van der Waals surface area contributed by atoms with E-state index in [1.165, 1.54) is 11.4 Å². The van der Waals surface area contributed by atoms with Crippen molar-refractivity contribution in [3.63, 3.8) is 0 Å². The third-order valence-electron chi connectivity index (χ3n) is 5.12. The van der Waals surface area contributed by atoms with Crippen LogP contribution in [-0.4, -0.2) is 39.4 Å². The van der Waals surface area contributed by atoms with Gasteiger partial charge < -0.3 is 4.90 Å². The monoisotopic (exact) mass is 420 g/mol. The molecule has 5 nitrogen and oxygen atoms in total. The number of hydrogen-bond donors (Lipinski definition) is 0. The van der Waals surface area contributed by atoms with E-state index in [1.54, 1.807) is 42.5 Å². The average Bonchev–Trinajstić information content (AvgIpc) is 2.97. The van der Waals surface area contributed by atoms with Gasteiger partial charge in [0, 0.05) is 20.1 Å². The second-order valence-electron chi connectivity index (χ2n) is 7.16. The molecular formula is C21H25ClN2O3S. The van der Waals surface area contributed by atoms with Crippen molar-refractivity contribution < 1.29 is 13.2 Å². The molecule has 1 heterocycles. The summed E-state index contributed by atoms with van der Waals surface area (Å²) in [5, 5.41) is 0.333. The van der Waals surface area contributed by atoms with E-state index in [1.807, 2.05) is 11.8 Å². The van der Waals surface area contributed by atoms with Crippen LogP contribution in [0.2, 0.25) is 5.02 Å². The molecule has 0 aromatic heterocycles. The van der Waals surface area contributed by atoms with Crippen LogP contribution < -0.4 is 4.31 Å². The first-order chi connectivity index (χ1) is 13.3. The summed E-state index contributed by atoms with van der Waals surface area (Å²) in [6.45, 7) is 3.31. The summed E-state index contributed by atoms with van der Waals surface area (Å²) in [6, 6.07) is 11.5. The topological polar surface area (TPSA) is 57.7 Å². The number of amides is 1. The van der Waals surface area contributed by atoms with Crippen LogP contribution in [0.25, 0.3) is 0 Å². The van der Waals surface area contributed by atoms with E-state index < -0.39 is 10.0 Å². The van der Waals surface area contributed by atoms with Crippen LogP contribution in [0.15, 0.2) is 47.4 Å². The first-order valence-corrected chi connectivity index (χ1v) is 11.3. The van der Waals surface area contributed by atoms with Crippen LogP contribution in [0.1, 0.15) is 41.6 Å². The van der Waals surface area contributed by atoms with Gasteiger partial charge in [-0.15, -0.1) is 0 Å². The molecule has 2 aromatic rings. The molecular weight excluding hydrogens is 396 g/mol. The number of carbonyl (C=O) groups is 1. The molecule has 0 atom stereocenters. The Morgan fingerprint density at radius 2 is 1.61 bits per heavy atom. The van der Waals surface area contributed by atoms with Gasteiger partial charge in [0.1, 0.15) is 0 Å². The number of rotatable bonds is 4. The molecule has 0 bridgehead atoms. The predicted molar refractivity (Wildman–Crippen MR) is 113 cm³/mol. The maximum atomic E-state index is 13.0. The molecule has 1 fully saturated rings. The fourth-order valence-electron chi connectivity index (χ4n) is 3.32. The highest BCUT2D eigenvalue weighted by Crippen LogP contribution is 2.28. The standard InChI is InChI=1S/C21H25ClN2O3S/c1-16-7-10-18(11-8-16)28(26,27)23(2)17-9-12-20(22)19(15-17)21(25)24-13-5-3-4-6-14-24/h7-12,15H,3-6,13-14H2,1-2H3. The number of aryl methyl sites for hydroxylation is 1. The largest absolute Gasteiger partial charge is 0.339 e. The molecule has 0 saturated carbocycles. The van der Waals surface area contributed by atoms with Gasteiger partial charge in [0.2, 0.25) is 0 Å². The van der Waals surface area contributed by atoms with Crippen molar-refractivity contribution in [1.82, 2.24) is 4.90 Å². The van der Waals surface area contributed by atoms with Crippen LogP contribution in [0.4, 0.5) is 5.69 Å². The summed E-state index contributed by atoms with van der Waals surface area (Å²) in [6.07, 6.45) is 4.19. The van der Waals surface area contributed by atoms with Crippen LogP contribution >= 0.6 is 11.6 Å². The fourth-order valence-corrected chi connectivity index (χ4v) is 4.71. The van der Waals surface area contributed by atoms with E-state index in [-0.39, 0.29) is 10.8 Å². The van der Waals surface area contributed by atoms with Gasteiger partial charge in [-0.1, -0.05) is 42.1 Å². The number of sulfonamides is 1. The molecule has 1 amide bonds. The van der Waals surface area contributed by atoms with Gasteiger partial charge in [-0.2, -0.15) is 0 Å². The third kappa shape index (κ3) is 4.33. The normalized spacial score (nSPS) is 15.2. The second kappa shape index (κ2) is 8.53. The zero-order chi connectivity index (χ0) is 20.3. The second-order valence-corrected chi connectivity index (χ2v) is 9.53. The highest BCUT2D eigenvalue weighted by Gasteiger charge is 2.24. The molecule has 1 aliphatic rings. The van der Waals surface area contributed by atoms with Gasteiger partial charge in [-0.25, -0.2) is 8.42 Å². The van der Waals surface area contributed by atoms with Crippen LogP contribution in [0.5, 0.6) is 0 Å². The van der Waals surface area contributed by atoms with Gasteiger partial charge in [0.15, 0.2) is 0 Å². The van der Waals surface area contributed by atoms with Crippen LogP contribution in [0, 0.1) is 6.92 Å². The van der Waals surface area contributed by atoms with E-state index in [2.05, 4.69) is 0 Å². The summed E-state index contributed by atoms with van der Waals surface area (Å²) < 4.78 is 27.1. The number of benzene rings is 2. The van der Waals surface area contributed by atoms with Crippen molar-refractivity contribution >= 4 is 33.2 Å². The zero-order valence-corrected chi connectivity index (χ0v) is 17.8. The van der Waals surface area contributed by atoms with Gasteiger partial charge in [-0.3, -0.25) is 9.10 Å². The SMILES string of the molecule is Cc1ccc(S(=O)(=O)N(C)c2ccc(Cl)c(C(=O)N3CCCCCC3)c2)cc1. The maximum Gasteiger partial charge on any atom is 0.264 e. The highest BCUT2D eigenvalue weighted by molar-refractivity contribution is 7.92. The smallest absolute Gasteiger partial charge is 0.264 e. The molecule has 1 saturated heterocycles. The number of hydrogen-bond acceptors (Lipinski definition) is 3. The van der Waals surface area contributed by atoms with E-state index in [4.69, 9.17) is 11.6 Å². The van der Waals surface area contributed by atoms with Crippen molar-refractivity contribution in [3.05, 3.63) is 58.6 Å². The van der Waals surface area contributed by atoms with Crippen molar-refractivity contribution in [2.45, 2.75) is 37.5 Å². The molecule has 7 heteroatoms. The lowest BCUT2D eigenvalue weighted by Gasteiger charge is -2.23. The lowest BCUT2D eigenvalue weighted by Crippen LogP contribution is -2.32. The van der Waals surface area contributed by atoms with Crippen molar-refractivity contribution in [2.75, 3.05) is 24.4 Å². The number of carbonyl (C=O) groups excluding carboxylic acids is 1. The molecule has 1 aliphatic heterocycles. The maximum absolute atomic E-state index is 13.0. The molecule has 28 heavy (non-hydrogen) atoms. The van der Waals surface area contributed by atoms with Gasteiger partial charge >= 0.3 is 0 Å². The Morgan fingerprint density at radius 3 is 2.21 bits per heavy atom. The minimum atomic E-state index is -3.73.